The van der Waals surface area contributed by atoms with E-state index >= 15 is 0 Å². The number of nitro groups is 1. The van der Waals surface area contributed by atoms with Crippen molar-refractivity contribution in [1.29, 1.82) is 0 Å². The second kappa shape index (κ2) is 10.3. The molecule has 2 aromatic carbocycles. The molecule has 0 saturated heterocycles. The van der Waals surface area contributed by atoms with Gasteiger partial charge in [-0.3, -0.25) is 15.0 Å². The van der Waals surface area contributed by atoms with Crippen LogP contribution in [0, 0.1) is 10.1 Å². The van der Waals surface area contributed by atoms with E-state index in [-0.39, 0.29) is 16.6 Å². The largest absolute Gasteiger partial charge is 0.378 e. The molecule has 0 aliphatic heterocycles. The van der Waals surface area contributed by atoms with Crippen molar-refractivity contribution in [3.63, 3.8) is 0 Å². The summed E-state index contributed by atoms with van der Waals surface area (Å²) in [6.45, 7) is 6.38. The Bertz CT molecular complexity index is 915. The van der Waals surface area contributed by atoms with E-state index in [2.05, 4.69) is 40.9 Å². The molecule has 9 heteroatoms. The van der Waals surface area contributed by atoms with Crippen molar-refractivity contribution in [1.82, 2.24) is 9.62 Å². The number of nitrogens with zero attached hydrogens (tertiary/aromatic N) is 2. The smallest absolute Gasteiger partial charge is 0.293 e. The van der Waals surface area contributed by atoms with Crippen LogP contribution in [0.15, 0.2) is 53.4 Å². The van der Waals surface area contributed by atoms with Crippen molar-refractivity contribution in [3.8, 4) is 0 Å². The van der Waals surface area contributed by atoms with Gasteiger partial charge in [0.2, 0.25) is 10.0 Å². The molecule has 1 atom stereocenters. The molecule has 0 spiro atoms. The fraction of sp³-hybridized carbons (Fsp3) is 0.400. The Morgan fingerprint density at radius 3 is 2.31 bits per heavy atom. The molecule has 0 aliphatic rings. The number of hydrogen-bond acceptors (Lipinski definition) is 6. The first-order valence-electron chi connectivity index (χ1n) is 9.56. The number of nitrogens with one attached hydrogen (secondary N) is 2. The molecular formula is C20H28N4O4S. The molecule has 8 nitrogen and oxygen atoms in total. The first-order chi connectivity index (χ1) is 13.8. The first-order valence-corrected chi connectivity index (χ1v) is 11.0. The number of nitro benzene ring substituents is 1. The lowest BCUT2D eigenvalue weighted by Crippen LogP contribution is -2.41. The van der Waals surface area contributed by atoms with Gasteiger partial charge in [-0.2, -0.15) is 0 Å². The lowest BCUT2D eigenvalue weighted by molar-refractivity contribution is -0.384. The van der Waals surface area contributed by atoms with Crippen LogP contribution in [0.5, 0.6) is 0 Å². The zero-order valence-corrected chi connectivity index (χ0v) is 17.8. The molecule has 0 radical (unpaired) electrons. The van der Waals surface area contributed by atoms with Gasteiger partial charge in [-0.25, -0.2) is 13.1 Å². The van der Waals surface area contributed by atoms with Gasteiger partial charge in [0.05, 0.1) is 9.82 Å². The monoisotopic (exact) mass is 420 g/mol. The fourth-order valence-corrected chi connectivity index (χ4v) is 4.03. The van der Waals surface area contributed by atoms with Crippen LogP contribution in [0.4, 0.5) is 11.4 Å². The summed E-state index contributed by atoms with van der Waals surface area (Å²) in [4.78, 5) is 13.1. The molecule has 0 saturated carbocycles. The molecule has 2 N–H and O–H groups in total. The molecule has 0 fully saturated rings. The zero-order chi connectivity index (χ0) is 21.4. The third-order valence-corrected chi connectivity index (χ3v) is 6.33. The SMILES string of the molecule is CCN(CC)[C@@H](CNc1ccc(S(=O)(=O)NC)cc1[N+](=O)[O-])Cc1ccccc1. The number of anilines is 1. The minimum atomic E-state index is -3.75. The van der Waals surface area contributed by atoms with Gasteiger partial charge in [0.25, 0.3) is 5.69 Å². The van der Waals surface area contributed by atoms with Gasteiger partial charge in [-0.1, -0.05) is 44.2 Å². The second-order valence-electron chi connectivity index (χ2n) is 6.59. The van der Waals surface area contributed by atoms with E-state index in [4.69, 9.17) is 0 Å². The van der Waals surface area contributed by atoms with Crippen LogP contribution >= 0.6 is 0 Å². The Balaban J connectivity index is 2.26. The third-order valence-electron chi connectivity index (χ3n) is 4.92. The molecule has 0 bridgehead atoms. The lowest BCUT2D eigenvalue weighted by Gasteiger charge is -2.30. The van der Waals surface area contributed by atoms with Crippen molar-refractivity contribution in [3.05, 3.63) is 64.2 Å². The van der Waals surface area contributed by atoms with Crippen LogP contribution in [0.3, 0.4) is 0 Å². The highest BCUT2D eigenvalue weighted by Gasteiger charge is 2.22. The Hall–Kier alpha value is -2.49. The van der Waals surface area contributed by atoms with Crippen molar-refractivity contribution < 1.29 is 13.3 Å². The summed E-state index contributed by atoms with van der Waals surface area (Å²) in [6.07, 6.45) is 0.801. The zero-order valence-electron chi connectivity index (χ0n) is 17.0. The molecule has 2 rings (SSSR count). The van der Waals surface area contributed by atoms with Crippen LogP contribution in [0.25, 0.3) is 0 Å². The number of sulfonamides is 1. The summed E-state index contributed by atoms with van der Waals surface area (Å²) in [5, 5.41) is 14.7. The van der Waals surface area contributed by atoms with E-state index in [0.29, 0.717) is 12.2 Å². The fourth-order valence-electron chi connectivity index (χ4n) is 3.28. The highest BCUT2D eigenvalue weighted by atomic mass is 32.2. The molecule has 0 aromatic heterocycles. The maximum atomic E-state index is 12.0. The molecule has 0 unspecified atom stereocenters. The number of benzene rings is 2. The van der Waals surface area contributed by atoms with Crippen LogP contribution in [0.2, 0.25) is 0 Å². The number of rotatable bonds is 11. The van der Waals surface area contributed by atoms with Crippen molar-refractivity contribution >= 4 is 21.4 Å². The van der Waals surface area contributed by atoms with Crippen molar-refractivity contribution in [2.24, 2.45) is 0 Å². The molecule has 29 heavy (non-hydrogen) atoms. The molecular weight excluding hydrogens is 392 g/mol. The van der Waals surface area contributed by atoms with Gasteiger partial charge in [-0.05, 0) is 44.3 Å². The summed E-state index contributed by atoms with van der Waals surface area (Å²) in [5.74, 6) is 0. The lowest BCUT2D eigenvalue weighted by atomic mass is 10.0. The highest BCUT2D eigenvalue weighted by Crippen LogP contribution is 2.27. The van der Waals surface area contributed by atoms with Gasteiger partial charge >= 0.3 is 0 Å². The van der Waals surface area contributed by atoms with E-state index in [9.17, 15) is 18.5 Å². The van der Waals surface area contributed by atoms with E-state index < -0.39 is 14.9 Å². The standard InChI is InChI=1S/C20H28N4O4S/c1-4-23(5-2)17(13-16-9-7-6-8-10-16)15-22-19-12-11-18(29(27,28)21-3)14-20(19)24(25)26/h6-12,14,17,21-22H,4-5,13,15H2,1-3H3/t17-/m1/s1. The van der Waals surface area contributed by atoms with Crippen LogP contribution in [0.1, 0.15) is 19.4 Å². The Labute approximate surface area is 172 Å². The molecule has 0 heterocycles. The van der Waals surface area contributed by atoms with Crippen LogP contribution in [-0.4, -0.2) is 51.0 Å². The predicted molar refractivity (Wildman–Crippen MR) is 115 cm³/mol. The van der Waals surface area contributed by atoms with Gasteiger partial charge < -0.3 is 5.32 Å². The number of likely N-dealkylation sites (N-methyl/N-ethyl adjacent to an activating group) is 1. The minimum Gasteiger partial charge on any atom is -0.378 e. The van der Waals surface area contributed by atoms with Crippen LogP contribution < -0.4 is 10.0 Å². The highest BCUT2D eigenvalue weighted by molar-refractivity contribution is 7.89. The summed E-state index contributed by atoms with van der Waals surface area (Å²) < 4.78 is 26.1. The van der Waals surface area contributed by atoms with Crippen molar-refractivity contribution in [2.45, 2.75) is 31.2 Å². The Kier molecular flexibility index (Phi) is 8.12. The average molecular weight is 421 g/mol. The van der Waals surface area contributed by atoms with E-state index in [1.807, 2.05) is 18.2 Å². The van der Waals surface area contributed by atoms with E-state index in [1.165, 1.54) is 24.7 Å². The average Bonchev–Trinajstić information content (AvgIpc) is 2.73. The molecule has 158 valence electrons. The summed E-state index contributed by atoms with van der Waals surface area (Å²) >= 11 is 0. The van der Waals surface area contributed by atoms with Gasteiger partial charge in [0.1, 0.15) is 5.69 Å². The van der Waals surface area contributed by atoms with E-state index in [1.54, 1.807) is 0 Å². The molecule has 0 aliphatic carbocycles. The summed E-state index contributed by atoms with van der Waals surface area (Å²) in [5.41, 5.74) is 1.23. The summed E-state index contributed by atoms with van der Waals surface area (Å²) in [7, 11) is -2.49. The summed E-state index contributed by atoms with van der Waals surface area (Å²) in [6, 6.07) is 14.1. The normalized spacial score (nSPS) is 12.7. The topological polar surface area (TPSA) is 105 Å². The minimum absolute atomic E-state index is 0.132. The first kappa shape index (κ1) is 22.8. The van der Waals surface area contributed by atoms with Gasteiger partial charge in [0.15, 0.2) is 0 Å². The van der Waals surface area contributed by atoms with Crippen LogP contribution in [-0.2, 0) is 16.4 Å². The second-order valence-corrected chi connectivity index (χ2v) is 8.48. The van der Waals surface area contributed by atoms with Crippen molar-refractivity contribution in [2.75, 3.05) is 32.0 Å². The van der Waals surface area contributed by atoms with E-state index in [0.717, 1.165) is 25.6 Å². The predicted octanol–water partition coefficient (Wildman–Crippen LogP) is 2.87. The van der Waals surface area contributed by atoms with Gasteiger partial charge in [-0.15, -0.1) is 0 Å². The Morgan fingerprint density at radius 1 is 1.10 bits per heavy atom. The third kappa shape index (κ3) is 5.99. The maximum absolute atomic E-state index is 12.0. The maximum Gasteiger partial charge on any atom is 0.293 e. The number of hydrogen-bond donors (Lipinski definition) is 2. The molecule has 2 aromatic rings. The quantitative estimate of drug-likeness (QED) is 0.428. The Morgan fingerprint density at radius 2 is 1.76 bits per heavy atom. The van der Waals surface area contributed by atoms with Gasteiger partial charge in [0, 0.05) is 18.7 Å². The molecule has 0 amide bonds.